The molecule has 0 radical (unpaired) electrons. The third-order valence-corrected chi connectivity index (χ3v) is 4.68. The molecule has 2 aromatic rings. The number of halogens is 2. The molecule has 30 heavy (non-hydrogen) atoms. The number of nitrogens with one attached hydrogen (secondary N) is 1. The molecule has 1 atom stereocenters. The van der Waals surface area contributed by atoms with Crippen molar-refractivity contribution >= 4 is 41.2 Å². The lowest BCUT2D eigenvalue weighted by atomic mass is 9.72. The minimum Gasteiger partial charge on any atom is -0.534 e. The van der Waals surface area contributed by atoms with Crippen molar-refractivity contribution in [2.75, 3.05) is 12.3 Å². The van der Waals surface area contributed by atoms with Gasteiger partial charge in [-0.1, -0.05) is 17.3 Å². The van der Waals surface area contributed by atoms with Crippen LogP contribution in [0.3, 0.4) is 0 Å². The van der Waals surface area contributed by atoms with Crippen LogP contribution < -0.4 is 15.7 Å². The van der Waals surface area contributed by atoms with Gasteiger partial charge in [0, 0.05) is 5.38 Å². The first-order valence-electron chi connectivity index (χ1n) is 8.46. The van der Waals surface area contributed by atoms with Gasteiger partial charge in [-0.15, -0.1) is 11.3 Å². The van der Waals surface area contributed by atoms with Crippen LogP contribution in [-0.4, -0.2) is 58.8 Å². The number of para-hydroxylation sites is 1. The van der Waals surface area contributed by atoms with E-state index in [0.717, 1.165) is 11.3 Å². The minimum atomic E-state index is -2.80. The number of carbonyl (C=O) groups is 2. The molecule has 1 aliphatic rings. The predicted molar refractivity (Wildman–Crippen MR) is 103 cm³/mol. The molecule has 0 fully saturated rings. The second kappa shape index (κ2) is 9.05. The fourth-order valence-corrected chi connectivity index (χ4v) is 3.26. The summed E-state index contributed by atoms with van der Waals surface area (Å²) in [5.74, 6) is -3.08. The van der Waals surface area contributed by atoms with Crippen LogP contribution in [0.25, 0.3) is 0 Å². The summed E-state index contributed by atoms with van der Waals surface area (Å²) >= 11 is 1.00. The van der Waals surface area contributed by atoms with Gasteiger partial charge in [0.25, 0.3) is 12.3 Å². The van der Waals surface area contributed by atoms with Gasteiger partial charge in [-0.2, -0.15) is 0 Å². The van der Waals surface area contributed by atoms with E-state index in [1.807, 2.05) is 0 Å². The molecule has 10 nitrogen and oxygen atoms in total. The smallest absolute Gasteiger partial charge is 0.534 e. The van der Waals surface area contributed by atoms with Crippen LogP contribution in [0.2, 0.25) is 0 Å². The number of rotatable bonds is 7. The highest BCUT2D eigenvalue weighted by Gasteiger charge is 2.38. The van der Waals surface area contributed by atoms with E-state index in [2.05, 4.69) is 20.3 Å². The number of fused-ring (bicyclic) bond motifs is 1. The summed E-state index contributed by atoms with van der Waals surface area (Å²) in [6.45, 7) is -1.03. The summed E-state index contributed by atoms with van der Waals surface area (Å²) in [5, 5.41) is 26.9. The molecule has 0 spiro atoms. The summed E-state index contributed by atoms with van der Waals surface area (Å²) in [6, 6.07) is 4.42. The maximum Gasteiger partial charge on any atom is 0.547 e. The molecule has 1 amide bonds. The van der Waals surface area contributed by atoms with Gasteiger partial charge in [0.15, 0.2) is 17.5 Å². The zero-order valence-electron chi connectivity index (χ0n) is 15.1. The fraction of sp³-hybridized carbons (Fsp3) is 0.250. The number of hydrogen-bond donors (Lipinski definition) is 4. The molecular weight excluding hydrogens is 425 g/mol. The number of carboxylic acid groups (broad SMARTS) is 1. The van der Waals surface area contributed by atoms with Crippen LogP contribution in [0.1, 0.15) is 21.6 Å². The second-order valence-electron chi connectivity index (χ2n) is 6.09. The van der Waals surface area contributed by atoms with Crippen LogP contribution in [0, 0.1) is 0 Å². The topological polar surface area (TPSA) is 156 Å². The summed E-state index contributed by atoms with van der Waals surface area (Å²) in [6.07, 6.45) is -2.75. The monoisotopic (exact) mass is 440 g/mol. The number of alkyl halides is 2. The van der Waals surface area contributed by atoms with E-state index < -0.39 is 43.7 Å². The van der Waals surface area contributed by atoms with Crippen molar-refractivity contribution in [3.8, 4) is 5.75 Å². The van der Waals surface area contributed by atoms with E-state index in [9.17, 15) is 28.5 Å². The van der Waals surface area contributed by atoms with Crippen molar-refractivity contribution in [3.63, 3.8) is 0 Å². The third-order valence-electron chi connectivity index (χ3n) is 4.00. The van der Waals surface area contributed by atoms with Crippen molar-refractivity contribution in [2.24, 2.45) is 5.16 Å². The summed E-state index contributed by atoms with van der Waals surface area (Å²) < 4.78 is 30.0. The highest BCUT2D eigenvalue weighted by atomic mass is 32.1. The number of anilines is 1. The standard InChI is InChI=1S/C16H15BF2N4O6S/c18-11(19)5-28-23-12(9-6-30-16(20)21-9)14(24)22-10-4-7-2-1-3-8(15(25)26)13(7)29-17(10)27/h1-3,6,10-11,27H,4-5H2,(H2,20,21)(H,22,24)(H,25,26)/b23-12-/t10-/m0/s1. The Balaban J connectivity index is 1.80. The van der Waals surface area contributed by atoms with Crippen LogP contribution in [0.15, 0.2) is 28.7 Å². The number of carbonyl (C=O) groups excluding carboxylic acids is 1. The van der Waals surface area contributed by atoms with Crippen molar-refractivity contribution < 1.29 is 38.0 Å². The number of oxime groups is 1. The van der Waals surface area contributed by atoms with Crippen LogP contribution in [-0.2, 0) is 16.1 Å². The lowest BCUT2D eigenvalue weighted by Gasteiger charge is -2.28. The first-order chi connectivity index (χ1) is 14.3. The molecule has 3 rings (SSSR count). The molecule has 1 aliphatic heterocycles. The molecule has 0 aliphatic carbocycles. The number of nitrogens with two attached hydrogens (primary N) is 1. The lowest BCUT2D eigenvalue weighted by Crippen LogP contribution is -2.54. The number of thiazole rings is 1. The Hall–Kier alpha value is -3.26. The van der Waals surface area contributed by atoms with Gasteiger partial charge in [-0.05, 0) is 18.1 Å². The minimum absolute atomic E-state index is 0.00375. The molecule has 0 unspecified atom stereocenters. The molecular formula is C16H15BF2N4O6S. The Morgan fingerprint density at radius 1 is 1.50 bits per heavy atom. The quantitative estimate of drug-likeness (QED) is 0.276. The van der Waals surface area contributed by atoms with Crippen LogP contribution >= 0.6 is 11.3 Å². The number of carboxylic acids is 1. The van der Waals surface area contributed by atoms with Crippen molar-refractivity contribution in [2.45, 2.75) is 18.8 Å². The second-order valence-corrected chi connectivity index (χ2v) is 6.98. The van der Waals surface area contributed by atoms with Crippen molar-refractivity contribution in [1.29, 1.82) is 0 Å². The third kappa shape index (κ3) is 4.83. The van der Waals surface area contributed by atoms with E-state index in [1.54, 1.807) is 6.07 Å². The normalized spacial score (nSPS) is 16.1. The molecule has 1 aromatic carbocycles. The van der Waals surface area contributed by atoms with Gasteiger partial charge < -0.3 is 30.7 Å². The van der Waals surface area contributed by atoms with Gasteiger partial charge in [0.2, 0.25) is 0 Å². The molecule has 1 aromatic heterocycles. The lowest BCUT2D eigenvalue weighted by molar-refractivity contribution is -0.115. The SMILES string of the molecule is Nc1nc(/C(=N/OCC(F)F)C(=O)N[C@H]2Cc3cccc(C(=O)O)c3OB2O)cs1. The number of benzene rings is 1. The molecule has 5 N–H and O–H groups in total. The van der Waals surface area contributed by atoms with Gasteiger partial charge in [0.05, 0.1) is 11.5 Å². The molecule has 158 valence electrons. The largest absolute Gasteiger partial charge is 0.547 e. The Morgan fingerprint density at radius 2 is 2.27 bits per heavy atom. The first kappa shape index (κ1) is 21.5. The number of aromatic nitrogens is 1. The number of amides is 1. The van der Waals surface area contributed by atoms with Crippen LogP contribution in [0.5, 0.6) is 5.75 Å². The summed E-state index contributed by atoms with van der Waals surface area (Å²) in [7, 11) is -1.56. The highest BCUT2D eigenvalue weighted by molar-refractivity contribution is 7.13. The molecule has 0 saturated carbocycles. The zero-order chi connectivity index (χ0) is 21.8. The summed E-state index contributed by atoms with van der Waals surface area (Å²) in [4.78, 5) is 32.4. The van der Waals surface area contributed by atoms with E-state index in [-0.39, 0.29) is 28.6 Å². The van der Waals surface area contributed by atoms with E-state index >= 15 is 0 Å². The number of hydrogen-bond acceptors (Lipinski definition) is 9. The Bertz CT molecular complexity index is 988. The van der Waals surface area contributed by atoms with Gasteiger partial charge in [-0.3, -0.25) is 4.79 Å². The maximum absolute atomic E-state index is 12.7. The van der Waals surface area contributed by atoms with Crippen LogP contribution in [0.4, 0.5) is 13.9 Å². The molecule has 14 heteroatoms. The molecule has 2 heterocycles. The average Bonchev–Trinajstić information content (AvgIpc) is 3.10. The van der Waals surface area contributed by atoms with E-state index in [1.165, 1.54) is 17.5 Å². The Labute approximate surface area is 172 Å². The van der Waals surface area contributed by atoms with Gasteiger partial charge in [-0.25, -0.2) is 18.6 Å². The highest BCUT2D eigenvalue weighted by Crippen LogP contribution is 2.30. The number of nitrogen functional groups attached to an aromatic ring is 1. The number of aromatic carboxylic acids is 1. The van der Waals surface area contributed by atoms with Crippen molar-refractivity contribution in [1.82, 2.24) is 10.3 Å². The van der Waals surface area contributed by atoms with Gasteiger partial charge in [0.1, 0.15) is 11.4 Å². The maximum atomic E-state index is 12.7. The van der Waals surface area contributed by atoms with E-state index in [0.29, 0.717) is 5.56 Å². The average molecular weight is 440 g/mol. The zero-order valence-corrected chi connectivity index (χ0v) is 15.9. The van der Waals surface area contributed by atoms with Crippen molar-refractivity contribution in [3.05, 3.63) is 40.4 Å². The van der Waals surface area contributed by atoms with E-state index in [4.69, 9.17) is 10.4 Å². The fourth-order valence-electron chi connectivity index (χ4n) is 2.71. The Kier molecular flexibility index (Phi) is 6.47. The summed E-state index contributed by atoms with van der Waals surface area (Å²) in [5.41, 5.74) is 5.46. The number of nitrogens with zero attached hydrogens (tertiary/aromatic N) is 2. The Morgan fingerprint density at radius 3 is 2.90 bits per heavy atom. The predicted octanol–water partition coefficient (Wildman–Crippen LogP) is 0.549. The van der Waals surface area contributed by atoms with Gasteiger partial charge >= 0.3 is 13.1 Å². The molecule has 0 saturated heterocycles. The first-order valence-corrected chi connectivity index (χ1v) is 9.34. The molecule has 0 bridgehead atoms.